The molecule has 0 unspecified atom stereocenters. The molecule has 1 aromatic heterocycles. The lowest BCUT2D eigenvalue weighted by molar-refractivity contribution is 0.516. The first kappa shape index (κ1) is 14.0. The molecule has 0 bridgehead atoms. The molecule has 0 amide bonds. The van der Waals surface area contributed by atoms with Crippen molar-refractivity contribution in [2.45, 2.75) is 32.2 Å². The molecule has 3 nitrogen and oxygen atoms in total. The van der Waals surface area contributed by atoms with Crippen LogP contribution in [0.15, 0.2) is 47.3 Å². The normalized spacial score (nSPS) is 11.3. The maximum atomic E-state index is 4.23. The van der Waals surface area contributed by atoms with Crippen molar-refractivity contribution in [1.29, 1.82) is 0 Å². The fraction of sp³-hybridized carbons (Fsp3) is 0.333. The Balaban J connectivity index is 1.95. The molecule has 2 rings (SSSR count). The van der Waals surface area contributed by atoms with Crippen LogP contribution < -0.4 is 5.32 Å². The minimum absolute atomic E-state index is 0.0103. The summed E-state index contributed by atoms with van der Waals surface area (Å²) in [4.78, 5) is 8.26. The number of benzene rings is 1. The van der Waals surface area contributed by atoms with Gasteiger partial charge in [-0.05, 0) is 48.2 Å². The molecule has 0 saturated heterocycles. The molecule has 1 aromatic carbocycles. The molecule has 0 radical (unpaired) electrons. The van der Waals surface area contributed by atoms with E-state index in [1.54, 1.807) is 6.33 Å². The average Bonchev–Trinajstić information content (AvgIpc) is 2.37. The predicted octanol–water partition coefficient (Wildman–Crippen LogP) is 4.06. The van der Waals surface area contributed by atoms with E-state index in [2.05, 4.69) is 69.3 Å². The second kappa shape index (κ2) is 6.15. The van der Waals surface area contributed by atoms with Crippen molar-refractivity contribution in [3.8, 4) is 0 Å². The zero-order valence-corrected chi connectivity index (χ0v) is 12.8. The Morgan fingerprint density at radius 3 is 2.58 bits per heavy atom. The summed E-state index contributed by atoms with van der Waals surface area (Å²) in [6.07, 6.45) is 3.64. The molecule has 2 aromatic rings. The summed E-state index contributed by atoms with van der Waals surface area (Å²) in [5.74, 6) is 0.847. The summed E-state index contributed by atoms with van der Waals surface area (Å²) in [6.45, 7) is 4.37. The molecule has 0 atom stereocenters. The van der Waals surface area contributed by atoms with E-state index in [1.807, 2.05) is 12.1 Å². The topological polar surface area (TPSA) is 37.8 Å². The third kappa shape index (κ3) is 4.63. The molecule has 4 heteroatoms. The highest BCUT2D eigenvalue weighted by atomic mass is 79.9. The number of hydrogen-bond acceptors (Lipinski definition) is 3. The molecule has 0 aliphatic rings. The molecular formula is C15H18BrN3. The number of halogens is 1. The molecule has 0 aliphatic carbocycles. The smallest absolute Gasteiger partial charge is 0.130 e. The summed E-state index contributed by atoms with van der Waals surface area (Å²) in [7, 11) is 0. The van der Waals surface area contributed by atoms with Crippen LogP contribution in [0.1, 0.15) is 25.8 Å². The van der Waals surface area contributed by atoms with Crippen LogP contribution in [0.25, 0.3) is 0 Å². The zero-order valence-electron chi connectivity index (χ0n) is 11.2. The summed E-state index contributed by atoms with van der Waals surface area (Å²) < 4.78 is 0.795. The van der Waals surface area contributed by atoms with E-state index >= 15 is 0 Å². The van der Waals surface area contributed by atoms with Crippen molar-refractivity contribution < 1.29 is 0 Å². The highest BCUT2D eigenvalue weighted by molar-refractivity contribution is 9.10. The Bertz CT molecular complexity index is 526. The van der Waals surface area contributed by atoms with E-state index in [-0.39, 0.29) is 5.54 Å². The van der Waals surface area contributed by atoms with Crippen LogP contribution in [0.4, 0.5) is 5.82 Å². The number of rotatable bonds is 5. The van der Waals surface area contributed by atoms with Crippen LogP contribution in [0, 0.1) is 0 Å². The lowest BCUT2D eigenvalue weighted by Gasteiger charge is -2.27. The standard InChI is InChI=1S/C15H18BrN3/c1-15(2,9-8-12-6-4-3-5-7-12)19-14-10-13(16)17-11-18-14/h3-7,10-11H,8-9H2,1-2H3,(H,17,18,19). The van der Waals surface area contributed by atoms with Crippen LogP contribution in [-0.4, -0.2) is 15.5 Å². The van der Waals surface area contributed by atoms with Crippen molar-refractivity contribution in [1.82, 2.24) is 9.97 Å². The second-order valence-electron chi connectivity index (χ2n) is 5.22. The number of aromatic nitrogens is 2. The highest BCUT2D eigenvalue weighted by Gasteiger charge is 2.17. The molecular weight excluding hydrogens is 302 g/mol. The van der Waals surface area contributed by atoms with E-state index in [9.17, 15) is 0 Å². The van der Waals surface area contributed by atoms with Gasteiger partial charge in [0.2, 0.25) is 0 Å². The molecule has 0 saturated carbocycles. The van der Waals surface area contributed by atoms with Crippen LogP contribution in [0.2, 0.25) is 0 Å². The van der Waals surface area contributed by atoms with Crippen LogP contribution in [0.3, 0.4) is 0 Å². The summed E-state index contributed by atoms with van der Waals surface area (Å²) in [6, 6.07) is 12.4. The van der Waals surface area contributed by atoms with Gasteiger partial charge in [0.25, 0.3) is 0 Å². The fourth-order valence-electron chi connectivity index (χ4n) is 1.91. The van der Waals surface area contributed by atoms with Gasteiger partial charge in [-0.15, -0.1) is 0 Å². The molecule has 0 fully saturated rings. The van der Waals surface area contributed by atoms with Crippen LogP contribution in [-0.2, 0) is 6.42 Å². The van der Waals surface area contributed by atoms with Gasteiger partial charge in [0.05, 0.1) is 0 Å². The van der Waals surface area contributed by atoms with Crippen molar-refractivity contribution in [3.05, 3.63) is 52.9 Å². The van der Waals surface area contributed by atoms with E-state index in [0.717, 1.165) is 23.3 Å². The third-order valence-electron chi connectivity index (χ3n) is 2.98. The van der Waals surface area contributed by atoms with Crippen molar-refractivity contribution in [2.75, 3.05) is 5.32 Å². The van der Waals surface area contributed by atoms with Gasteiger partial charge in [-0.1, -0.05) is 30.3 Å². The molecule has 0 spiro atoms. The monoisotopic (exact) mass is 319 g/mol. The molecule has 1 heterocycles. The van der Waals surface area contributed by atoms with Crippen LogP contribution in [0.5, 0.6) is 0 Å². The maximum absolute atomic E-state index is 4.23. The van der Waals surface area contributed by atoms with Crippen LogP contribution >= 0.6 is 15.9 Å². The van der Waals surface area contributed by atoms with Gasteiger partial charge in [-0.2, -0.15) is 0 Å². The molecule has 1 N–H and O–H groups in total. The number of anilines is 1. The second-order valence-corrected chi connectivity index (χ2v) is 6.03. The summed E-state index contributed by atoms with van der Waals surface area (Å²) in [5, 5.41) is 3.45. The van der Waals surface area contributed by atoms with Crippen molar-refractivity contribution >= 4 is 21.7 Å². The minimum atomic E-state index is -0.0103. The van der Waals surface area contributed by atoms with Gasteiger partial charge in [-0.25, -0.2) is 9.97 Å². The van der Waals surface area contributed by atoms with Gasteiger partial charge in [0.1, 0.15) is 16.7 Å². The largest absolute Gasteiger partial charge is 0.365 e. The zero-order chi connectivity index (χ0) is 13.7. The predicted molar refractivity (Wildman–Crippen MR) is 82.2 cm³/mol. The van der Waals surface area contributed by atoms with Crippen molar-refractivity contribution in [3.63, 3.8) is 0 Å². The van der Waals surface area contributed by atoms with Gasteiger partial charge >= 0.3 is 0 Å². The lowest BCUT2D eigenvalue weighted by Crippen LogP contribution is -2.31. The van der Waals surface area contributed by atoms with Gasteiger partial charge < -0.3 is 5.32 Å². The first-order valence-corrected chi connectivity index (χ1v) is 7.14. The van der Waals surface area contributed by atoms with Crippen molar-refractivity contribution in [2.24, 2.45) is 0 Å². The highest BCUT2D eigenvalue weighted by Crippen LogP contribution is 2.20. The Morgan fingerprint density at radius 1 is 1.16 bits per heavy atom. The molecule has 0 aliphatic heterocycles. The lowest BCUT2D eigenvalue weighted by atomic mass is 9.95. The first-order valence-electron chi connectivity index (χ1n) is 6.35. The number of nitrogens with one attached hydrogen (secondary N) is 1. The Hall–Kier alpha value is -1.42. The first-order chi connectivity index (χ1) is 9.05. The van der Waals surface area contributed by atoms with Gasteiger partial charge in [0.15, 0.2) is 0 Å². The SMILES string of the molecule is CC(C)(CCc1ccccc1)Nc1cc(Br)ncn1. The number of aryl methyl sites for hydroxylation is 1. The fourth-order valence-corrected chi connectivity index (χ4v) is 2.22. The number of nitrogens with zero attached hydrogens (tertiary/aromatic N) is 2. The summed E-state index contributed by atoms with van der Waals surface area (Å²) >= 11 is 3.35. The quantitative estimate of drug-likeness (QED) is 0.844. The molecule has 100 valence electrons. The third-order valence-corrected chi connectivity index (χ3v) is 3.42. The van der Waals surface area contributed by atoms with E-state index < -0.39 is 0 Å². The van der Waals surface area contributed by atoms with E-state index in [4.69, 9.17) is 0 Å². The van der Waals surface area contributed by atoms with Gasteiger partial charge in [0, 0.05) is 11.6 Å². The minimum Gasteiger partial charge on any atom is -0.365 e. The van der Waals surface area contributed by atoms with Gasteiger partial charge in [-0.3, -0.25) is 0 Å². The van der Waals surface area contributed by atoms with E-state index in [0.29, 0.717) is 0 Å². The average molecular weight is 320 g/mol. The van der Waals surface area contributed by atoms with E-state index in [1.165, 1.54) is 5.56 Å². The Kier molecular flexibility index (Phi) is 4.53. The number of hydrogen-bond donors (Lipinski definition) is 1. The molecule has 19 heavy (non-hydrogen) atoms. The summed E-state index contributed by atoms with van der Waals surface area (Å²) in [5.41, 5.74) is 1.35. The maximum Gasteiger partial charge on any atom is 0.130 e. The Morgan fingerprint density at radius 2 is 1.89 bits per heavy atom. The Labute approximate surface area is 122 Å².